The molecule has 7 aliphatic rings. The number of rotatable bonds is 8. The number of H-pyrrole nitrogens is 3. The number of fused-ring (bicyclic) bond motifs is 5. The number of halogens is 2. The lowest BCUT2D eigenvalue weighted by molar-refractivity contribution is -0.130. The van der Waals surface area contributed by atoms with E-state index in [1.165, 1.54) is 75.2 Å². The second-order valence-corrected chi connectivity index (χ2v) is 31.7. The minimum Gasteiger partial charge on any atom is -0.384 e. The first kappa shape index (κ1) is 68.6. The summed E-state index contributed by atoms with van der Waals surface area (Å²) in [6.07, 6.45) is 13.8. The highest BCUT2D eigenvalue weighted by atomic mass is 32.2. The van der Waals surface area contributed by atoms with E-state index in [9.17, 15) is 43.6 Å². The van der Waals surface area contributed by atoms with Gasteiger partial charge in [0.15, 0.2) is 0 Å². The molecule has 95 heavy (non-hydrogen) atoms. The molecule has 0 saturated carbocycles. The second kappa shape index (κ2) is 29.7. The van der Waals surface area contributed by atoms with Crippen LogP contribution in [0.15, 0.2) is 128 Å². The Morgan fingerprint density at radius 3 is 1.15 bits per heavy atom. The maximum absolute atomic E-state index is 13.2. The minimum atomic E-state index is -3.12. The predicted octanol–water partition coefficient (Wildman–Crippen LogP) is 8.94. The van der Waals surface area contributed by atoms with Crippen LogP contribution in [0.2, 0.25) is 0 Å². The summed E-state index contributed by atoms with van der Waals surface area (Å²) in [4.78, 5) is 42.5. The minimum absolute atomic E-state index is 0.126. The molecule has 15 rings (SSSR count). The van der Waals surface area contributed by atoms with E-state index < -0.39 is 30.1 Å². The van der Waals surface area contributed by atoms with Crippen LogP contribution >= 0.6 is 0 Å². The quantitative estimate of drug-likeness (QED) is 0.0957. The molecule has 7 aliphatic heterocycles. The number of aromatic amines is 3. The summed E-state index contributed by atoms with van der Waals surface area (Å²) in [5, 5.41) is 10.1. The van der Waals surface area contributed by atoms with Crippen molar-refractivity contribution in [3.05, 3.63) is 151 Å². The van der Waals surface area contributed by atoms with Gasteiger partial charge < -0.3 is 50.1 Å². The topological polar surface area (TPSA) is 234 Å². The summed E-state index contributed by atoms with van der Waals surface area (Å²) in [5.41, 5.74) is 11.3. The maximum atomic E-state index is 13.2. The van der Waals surface area contributed by atoms with Crippen molar-refractivity contribution in [2.45, 2.75) is 51.4 Å². The number of sulfonamides is 3. The van der Waals surface area contributed by atoms with Crippen LogP contribution in [0, 0.1) is 23.5 Å². The highest BCUT2D eigenvalue weighted by Crippen LogP contribution is 2.42. The molecule has 0 bridgehead atoms. The Balaban J connectivity index is 0.000000121. The normalized spacial score (nSPS) is 20.1. The monoisotopic (exact) mass is 1360 g/mol. The van der Waals surface area contributed by atoms with Gasteiger partial charge in [-0.3, -0.25) is 9.59 Å². The zero-order valence-electron chi connectivity index (χ0n) is 54.8. The second-order valence-electron chi connectivity index (χ2n) is 25.7. The number of para-hydroxylation sites is 3. The summed E-state index contributed by atoms with van der Waals surface area (Å²) >= 11 is 0. The van der Waals surface area contributed by atoms with E-state index in [1.54, 1.807) is 34.6 Å². The number of anilines is 5. The number of hydrogen-bond acceptors (Lipinski definition) is 13. The number of amides is 2. The fourth-order valence-electron chi connectivity index (χ4n) is 14.5. The standard InChI is InChI=1S/C15H20N2O.C14H16FN3O.C14H20N2O2S.C13H16FN3O2S.C13H17N3O2S/c1-11(18)17-8-6-12(7-9-17)14-10-16-15-5-3-2-4-13(14)15;1-10(19)17-4-6-18(7-5-17)14-9-16-13-8-11(15)2-3-12(13)14;1-19(17,18)16-8-6-11(7-9-16)13-10-15-14-5-3-2-4-12(13)14;1-20(18,19)17-6-4-16(5-7-17)13-9-15-12-8-10(14)2-3-11(12)13;1-19(17,18)16-8-6-15(7-9-16)13-10-14-12-5-3-2-4-11(12)13/h2-5,12,14,16H,6-10H2,1H3;2-3,8-9,16H,4-7H2,1H3;2-5,11,13,15H,6-10H2,1H3;2-3,8-9,15H,4-7H2,1H3;2-5,10,14H,6-9H2,1H3. The van der Waals surface area contributed by atoms with Gasteiger partial charge >= 0.3 is 0 Å². The molecule has 26 heteroatoms. The van der Waals surface area contributed by atoms with Crippen molar-refractivity contribution in [3.63, 3.8) is 0 Å². The maximum Gasteiger partial charge on any atom is 0.219 e. The summed E-state index contributed by atoms with van der Waals surface area (Å²) in [5.74, 6) is 2.33. The van der Waals surface area contributed by atoms with Gasteiger partial charge in [0.25, 0.3) is 0 Å². The van der Waals surface area contributed by atoms with E-state index in [4.69, 9.17) is 0 Å². The number of likely N-dealkylation sites (tertiary alicyclic amines) is 1. The third kappa shape index (κ3) is 16.6. The summed E-state index contributed by atoms with van der Waals surface area (Å²) < 4.78 is 100.0. The van der Waals surface area contributed by atoms with Gasteiger partial charge in [0, 0.05) is 195 Å². The van der Waals surface area contributed by atoms with E-state index >= 15 is 0 Å². The lowest BCUT2D eigenvalue weighted by Crippen LogP contribution is -2.48. The van der Waals surface area contributed by atoms with Crippen LogP contribution in [-0.2, 0) is 39.7 Å². The molecule has 510 valence electrons. The highest BCUT2D eigenvalue weighted by molar-refractivity contribution is 7.88. The number of hydrogen-bond donors (Lipinski definition) is 5. The lowest BCUT2D eigenvalue weighted by Gasteiger charge is -2.35. The fourth-order valence-corrected chi connectivity index (χ4v) is 17.0. The Hall–Kier alpha value is -7.75. The van der Waals surface area contributed by atoms with E-state index in [0.29, 0.717) is 70.1 Å². The molecule has 5 N–H and O–H groups in total. The number of nitrogens with one attached hydrogen (secondary N) is 5. The Labute approximate surface area is 556 Å². The van der Waals surface area contributed by atoms with Gasteiger partial charge in [-0.25, -0.2) is 38.3 Å². The molecule has 2 unspecified atom stereocenters. The molecule has 0 radical (unpaired) electrons. The van der Waals surface area contributed by atoms with Crippen molar-refractivity contribution < 1.29 is 43.6 Å². The molecule has 2 amide bonds. The molecule has 0 aliphatic carbocycles. The van der Waals surface area contributed by atoms with Gasteiger partial charge in [0.05, 0.1) is 46.9 Å². The first-order valence-electron chi connectivity index (χ1n) is 32.8. The van der Waals surface area contributed by atoms with Crippen molar-refractivity contribution in [3.8, 4) is 0 Å². The largest absolute Gasteiger partial charge is 0.384 e. The first-order chi connectivity index (χ1) is 45.5. The van der Waals surface area contributed by atoms with E-state index in [0.717, 1.165) is 141 Å². The molecule has 5 saturated heterocycles. The van der Waals surface area contributed by atoms with E-state index in [1.807, 2.05) is 46.6 Å². The molecular formula is C69H89F2N13O8S3. The van der Waals surface area contributed by atoms with E-state index in [2.05, 4.69) is 94.9 Å². The van der Waals surface area contributed by atoms with Crippen LogP contribution in [0.5, 0.6) is 0 Å². The van der Waals surface area contributed by atoms with Crippen LogP contribution in [0.1, 0.15) is 62.5 Å². The predicted molar refractivity (Wildman–Crippen MR) is 376 cm³/mol. The molecule has 3 aromatic heterocycles. The number of carbonyl (C=O) groups excluding carboxylic acids is 2. The molecule has 5 aromatic carbocycles. The van der Waals surface area contributed by atoms with Crippen molar-refractivity contribution in [2.75, 3.05) is 162 Å². The fraction of sp³-hybridized carbons (Fsp3) is 0.449. The molecule has 21 nitrogen and oxygen atoms in total. The summed E-state index contributed by atoms with van der Waals surface area (Å²) in [7, 11) is -9.19. The van der Waals surface area contributed by atoms with Gasteiger partial charge in [0.2, 0.25) is 41.9 Å². The molecule has 8 aromatic rings. The first-order valence-corrected chi connectivity index (χ1v) is 38.4. The van der Waals surface area contributed by atoms with Gasteiger partial charge in [-0.1, -0.05) is 54.6 Å². The van der Waals surface area contributed by atoms with Crippen LogP contribution < -0.4 is 25.3 Å². The molecule has 0 spiro atoms. The number of piperidine rings is 2. The zero-order chi connectivity index (χ0) is 67.2. The van der Waals surface area contributed by atoms with Gasteiger partial charge in [-0.05, 0) is 103 Å². The Morgan fingerprint density at radius 2 is 0.737 bits per heavy atom. The SMILES string of the molecule is CC(=O)N1CCC(C2CNc3ccccc32)CC1.CC(=O)N1CCN(c2c[nH]c3cc(F)ccc23)CC1.CS(=O)(=O)N1CCC(C2CNc3ccccc32)CC1.CS(=O)(=O)N1CCN(c2c[nH]c3cc(F)ccc23)CC1.CS(=O)(=O)N1CCN(c2c[nH]c3ccccc23)CC1. The van der Waals surface area contributed by atoms with Crippen LogP contribution in [0.25, 0.3) is 32.7 Å². The number of carbonyl (C=O) groups is 2. The third-order valence-electron chi connectivity index (χ3n) is 19.8. The average Bonchev–Trinajstić information content (AvgIpc) is 1.75. The lowest BCUT2D eigenvalue weighted by atomic mass is 9.81. The van der Waals surface area contributed by atoms with Crippen molar-refractivity contribution in [1.29, 1.82) is 0 Å². The van der Waals surface area contributed by atoms with Crippen molar-refractivity contribution in [2.24, 2.45) is 11.8 Å². The highest BCUT2D eigenvalue weighted by Gasteiger charge is 2.35. The Bertz CT molecular complexity index is 4320. The van der Waals surface area contributed by atoms with Gasteiger partial charge in [0.1, 0.15) is 11.6 Å². The number of benzene rings is 5. The van der Waals surface area contributed by atoms with Crippen molar-refractivity contribution >= 4 is 103 Å². The van der Waals surface area contributed by atoms with Crippen LogP contribution in [-0.4, -0.2) is 211 Å². The Kier molecular flexibility index (Phi) is 21.5. The zero-order valence-corrected chi connectivity index (χ0v) is 57.3. The Morgan fingerprint density at radius 1 is 0.400 bits per heavy atom. The molecule has 5 fully saturated rings. The van der Waals surface area contributed by atoms with Crippen LogP contribution in [0.4, 0.5) is 37.2 Å². The molecular weight excluding hydrogens is 1270 g/mol. The van der Waals surface area contributed by atoms with Crippen molar-refractivity contribution in [1.82, 2.24) is 37.7 Å². The van der Waals surface area contributed by atoms with Gasteiger partial charge in [-0.15, -0.1) is 0 Å². The van der Waals surface area contributed by atoms with Crippen LogP contribution in [0.3, 0.4) is 0 Å². The van der Waals surface area contributed by atoms with E-state index in [-0.39, 0.29) is 23.4 Å². The molecule has 10 heterocycles. The molecule has 2 atom stereocenters. The third-order valence-corrected chi connectivity index (χ3v) is 23.7. The number of nitrogens with zero attached hydrogens (tertiary/aromatic N) is 8. The number of aromatic nitrogens is 3. The smallest absolute Gasteiger partial charge is 0.219 e. The summed E-state index contributed by atoms with van der Waals surface area (Å²) in [6, 6.07) is 34.7. The average molecular weight is 1360 g/mol. The van der Waals surface area contributed by atoms with Gasteiger partial charge in [-0.2, -0.15) is 8.61 Å². The number of piperazine rings is 3. The summed E-state index contributed by atoms with van der Waals surface area (Å²) in [6.45, 7) is 16.4.